The number of guanidine groups is 1. The number of nitrogens with one attached hydrogen (secondary N) is 2. The van der Waals surface area contributed by atoms with Gasteiger partial charge in [-0.3, -0.25) is 0 Å². The fraction of sp³-hybridized carbons (Fsp3) is 0.533. The zero-order valence-corrected chi connectivity index (χ0v) is 18.2. The van der Waals surface area contributed by atoms with Gasteiger partial charge in [-0.1, -0.05) is 0 Å². The molecule has 0 aliphatic carbocycles. The fourth-order valence-electron chi connectivity index (χ4n) is 1.87. The molecule has 2 N–H and O–H groups in total. The molecule has 0 bridgehead atoms. The molecule has 0 aliphatic rings. The van der Waals surface area contributed by atoms with E-state index in [0.29, 0.717) is 13.1 Å². The summed E-state index contributed by atoms with van der Waals surface area (Å²) in [6, 6.07) is 0. The number of aromatic nitrogens is 2. The number of rotatable bonds is 5. The molecule has 0 atom stereocenters. The second-order valence-electron chi connectivity index (χ2n) is 5.05. The molecule has 128 valence electrons. The zero-order chi connectivity index (χ0) is 16.1. The molecule has 0 fully saturated rings. The number of aliphatic imine (C=N–C) groups is 1. The molecule has 0 saturated carbocycles. The van der Waals surface area contributed by atoms with Crippen LogP contribution in [0.5, 0.6) is 0 Å². The summed E-state index contributed by atoms with van der Waals surface area (Å²) < 4.78 is 0. The van der Waals surface area contributed by atoms with Crippen LogP contribution in [0.2, 0.25) is 0 Å². The van der Waals surface area contributed by atoms with Crippen LogP contribution in [0.4, 0.5) is 0 Å². The summed E-state index contributed by atoms with van der Waals surface area (Å²) in [6.07, 6.45) is 0. The van der Waals surface area contributed by atoms with Crippen LogP contribution in [0.1, 0.15) is 38.1 Å². The van der Waals surface area contributed by atoms with E-state index >= 15 is 0 Å². The van der Waals surface area contributed by atoms with E-state index in [0.717, 1.165) is 33.9 Å². The summed E-state index contributed by atoms with van der Waals surface area (Å²) in [4.78, 5) is 16.2. The van der Waals surface area contributed by atoms with Crippen molar-refractivity contribution >= 4 is 52.6 Å². The number of hydrogen-bond donors (Lipinski definition) is 2. The Bertz CT molecular complexity index is 624. The predicted octanol–water partition coefficient (Wildman–Crippen LogP) is 3.71. The first-order valence-electron chi connectivity index (χ1n) is 7.37. The Balaban J connectivity index is 0.00000264. The van der Waals surface area contributed by atoms with Crippen molar-refractivity contribution in [2.75, 3.05) is 6.54 Å². The molecule has 23 heavy (non-hydrogen) atoms. The van der Waals surface area contributed by atoms with Gasteiger partial charge in [0.25, 0.3) is 0 Å². The Hall–Kier alpha value is -0.740. The second kappa shape index (κ2) is 9.53. The lowest BCUT2D eigenvalue weighted by molar-refractivity contribution is 0.808. The topological polar surface area (TPSA) is 62.2 Å². The van der Waals surface area contributed by atoms with Gasteiger partial charge in [0, 0.05) is 16.3 Å². The molecule has 0 aromatic carbocycles. The molecule has 2 heterocycles. The third-order valence-electron chi connectivity index (χ3n) is 3.27. The Morgan fingerprint density at radius 1 is 0.957 bits per heavy atom. The zero-order valence-electron chi connectivity index (χ0n) is 14.2. The van der Waals surface area contributed by atoms with E-state index in [4.69, 9.17) is 0 Å². The van der Waals surface area contributed by atoms with Crippen molar-refractivity contribution in [2.24, 2.45) is 4.99 Å². The number of hydrogen-bond acceptors (Lipinski definition) is 5. The van der Waals surface area contributed by atoms with E-state index in [1.165, 1.54) is 9.75 Å². The van der Waals surface area contributed by atoms with Crippen molar-refractivity contribution in [2.45, 2.75) is 47.7 Å². The Kier molecular flexibility index (Phi) is 8.41. The molecule has 0 radical (unpaired) electrons. The first-order chi connectivity index (χ1) is 10.5. The van der Waals surface area contributed by atoms with Crippen molar-refractivity contribution in [1.82, 2.24) is 20.6 Å². The van der Waals surface area contributed by atoms with Crippen LogP contribution in [0.3, 0.4) is 0 Å². The highest BCUT2D eigenvalue weighted by atomic mass is 127. The molecule has 0 unspecified atom stereocenters. The maximum Gasteiger partial charge on any atom is 0.192 e. The summed E-state index contributed by atoms with van der Waals surface area (Å²) >= 11 is 3.44. The molecule has 0 saturated heterocycles. The Morgan fingerprint density at radius 3 is 2.00 bits per heavy atom. The average molecular weight is 465 g/mol. The van der Waals surface area contributed by atoms with E-state index in [1.807, 2.05) is 13.8 Å². The van der Waals surface area contributed by atoms with Gasteiger partial charge in [-0.2, -0.15) is 0 Å². The summed E-state index contributed by atoms with van der Waals surface area (Å²) in [5, 5.41) is 8.73. The van der Waals surface area contributed by atoms with Crippen molar-refractivity contribution in [3.8, 4) is 0 Å². The van der Waals surface area contributed by atoms with E-state index in [1.54, 1.807) is 22.7 Å². The van der Waals surface area contributed by atoms with Gasteiger partial charge >= 0.3 is 0 Å². The second-order valence-corrected chi connectivity index (χ2v) is 7.62. The van der Waals surface area contributed by atoms with Crippen LogP contribution in [0.25, 0.3) is 0 Å². The first-order valence-corrected chi connectivity index (χ1v) is 9.01. The molecule has 2 aromatic heterocycles. The number of aryl methyl sites for hydroxylation is 4. The smallest absolute Gasteiger partial charge is 0.192 e. The maximum atomic E-state index is 4.60. The van der Waals surface area contributed by atoms with Gasteiger partial charge in [-0.05, 0) is 34.6 Å². The highest BCUT2D eigenvalue weighted by Crippen LogP contribution is 2.17. The van der Waals surface area contributed by atoms with Crippen LogP contribution in [0.15, 0.2) is 4.99 Å². The summed E-state index contributed by atoms with van der Waals surface area (Å²) in [7, 11) is 0. The van der Waals surface area contributed by atoms with Gasteiger partial charge < -0.3 is 10.6 Å². The van der Waals surface area contributed by atoms with Crippen LogP contribution in [0, 0.1) is 27.7 Å². The normalized spacial score (nSPS) is 11.3. The summed E-state index contributed by atoms with van der Waals surface area (Å²) in [6.45, 7) is 12.5. The van der Waals surface area contributed by atoms with E-state index < -0.39 is 0 Å². The molecular weight excluding hydrogens is 441 g/mol. The molecule has 8 heteroatoms. The third kappa shape index (κ3) is 6.00. The van der Waals surface area contributed by atoms with Gasteiger partial charge in [-0.15, -0.1) is 46.7 Å². The number of thiazole rings is 2. The fourth-order valence-corrected chi connectivity index (χ4v) is 3.60. The van der Waals surface area contributed by atoms with E-state index in [9.17, 15) is 0 Å². The molecule has 0 aliphatic heterocycles. The van der Waals surface area contributed by atoms with E-state index in [-0.39, 0.29) is 24.0 Å². The SMILES string of the molecule is CCNC(=NCc1nc(C)c(C)s1)NCc1nc(C)c(C)s1.I. The van der Waals surface area contributed by atoms with Crippen LogP contribution >= 0.6 is 46.7 Å². The van der Waals surface area contributed by atoms with Crippen molar-refractivity contribution in [1.29, 1.82) is 0 Å². The van der Waals surface area contributed by atoms with E-state index in [2.05, 4.69) is 46.4 Å². The van der Waals surface area contributed by atoms with Crippen molar-refractivity contribution < 1.29 is 0 Å². The van der Waals surface area contributed by atoms with Crippen molar-refractivity contribution in [3.63, 3.8) is 0 Å². The summed E-state index contributed by atoms with van der Waals surface area (Å²) in [5.74, 6) is 0.804. The highest BCUT2D eigenvalue weighted by Gasteiger charge is 2.06. The lowest BCUT2D eigenvalue weighted by Gasteiger charge is -2.09. The minimum Gasteiger partial charge on any atom is -0.357 e. The average Bonchev–Trinajstić information content (AvgIpc) is 2.96. The van der Waals surface area contributed by atoms with Crippen molar-refractivity contribution in [3.05, 3.63) is 31.2 Å². The quantitative estimate of drug-likeness (QED) is 0.402. The standard InChI is InChI=1S/C15H23N5S2.HI/c1-6-16-15(17-7-13-19-9(2)11(4)21-13)18-8-14-20-10(3)12(5)22-14;/h6-8H2,1-5H3,(H2,16,17,18);1H. The van der Waals surface area contributed by atoms with Crippen LogP contribution in [-0.2, 0) is 13.1 Å². The summed E-state index contributed by atoms with van der Waals surface area (Å²) in [5.41, 5.74) is 2.21. The van der Waals surface area contributed by atoms with Gasteiger partial charge in [0.05, 0.1) is 24.5 Å². The lowest BCUT2D eigenvalue weighted by Crippen LogP contribution is -2.36. The molecule has 0 spiro atoms. The monoisotopic (exact) mass is 465 g/mol. The van der Waals surface area contributed by atoms with Gasteiger partial charge in [0.1, 0.15) is 10.0 Å². The van der Waals surface area contributed by atoms with Crippen LogP contribution in [-0.4, -0.2) is 22.5 Å². The minimum absolute atomic E-state index is 0. The Labute approximate surface area is 163 Å². The first kappa shape index (κ1) is 20.3. The lowest BCUT2D eigenvalue weighted by atomic mass is 10.4. The maximum absolute atomic E-state index is 4.60. The molecule has 0 amide bonds. The van der Waals surface area contributed by atoms with Crippen LogP contribution < -0.4 is 10.6 Å². The highest BCUT2D eigenvalue weighted by molar-refractivity contribution is 14.0. The predicted molar refractivity (Wildman–Crippen MR) is 110 cm³/mol. The minimum atomic E-state index is 0. The number of halogens is 1. The molecule has 5 nitrogen and oxygen atoms in total. The third-order valence-corrected chi connectivity index (χ3v) is 5.40. The largest absolute Gasteiger partial charge is 0.357 e. The molecule has 2 rings (SSSR count). The van der Waals surface area contributed by atoms with Gasteiger partial charge in [-0.25, -0.2) is 15.0 Å². The van der Waals surface area contributed by atoms with Gasteiger partial charge in [0.15, 0.2) is 5.96 Å². The van der Waals surface area contributed by atoms with Gasteiger partial charge in [0.2, 0.25) is 0 Å². The molecule has 2 aromatic rings. The Morgan fingerprint density at radius 2 is 1.52 bits per heavy atom. The number of nitrogens with zero attached hydrogens (tertiary/aromatic N) is 3. The molecular formula is C15H24IN5S2.